The summed E-state index contributed by atoms with van der Waals surface area (Å²) >= 11 is 0. The van der Waals surface area contributed by atoms with Gasteiger partial charge >= 0.3 is 7.87 Å². The lowest BCUT2D eigenvalue weighted by molar-refractivity contribution is -0.130. The zero-order valence-electron chi connectivity index (χ0n) is 39.8. The lowest BCUT2D eigenvalue weighted by atomic mass is 9.80. The van der Waals surface area contributed by atoms with E-state index in [-0.39, 0.29) is 60.9 Å². The van der Waals surface area contributed by atoms with Crippen molar-refractivity contribution < 1.29 is 42.7 Å². The minimum atomic E-state index is -3.68. The van der Waals surface area contributed by atoms with Crippen LogP contribution < -0.4 is 26.2 Å². The first-order chi connectivity index (χ1) is 31.9. The summed E-state index contributed by atoms with van der Waals surface area (Å²) < 4.78 is 43.0. The van der Waals surface area contributed by atoms with Crippen molar-refractivity contribution in [2.75, 3.05) is 38.9 Å². The predicted molar refractivity (Wildman–Crippen MR) is 254 cm³/mol. The van der Waals surface area contributed by atoms with E-state index in [1.807, 2.05) is 111 Å². The summed E-state index contributed by atoms with van der Waals surface area (Å²) in [6.07, 6.45) is -3.01. The molecule has 0 bridgehead atoms. The van der Waals surface area contributed by atoms with Gasteiger partial charge in [0.2, 0.25) is 11.9 Å². The Balaban J connectivity index is 1.58. The molecule has 18 nitrogen and oxygen atoms in total. The van der Waals surface area contributed by atoms with Crippen LogP contribution in [0.1, 0.15) is 84.7 Å². The highest BCUT2D eigenvalue weighted by Gasteiger charge is 2.59. The highest BCUT2D eigenvalue weighted by Crippen LogP contribution is 2.64. The lowest BCUT2D eigenvalue weighted by Crippen LogP contribution is -2.46. The van der Waals surface area contributed by atoms with Gasteiger partial charge in [0, 0.05) is 18.0 Å². The van der Waals surface area contributed by atoms with Crippen molar-refractivity contribution >= 4 is 30.9 Å². The number of nitrogens with two attached hydrogens (primary N) is 1. The third-order valence-electron chi connectivity index (χ3n) is 11.6. The number of amides is 1. The van der Waals surface area contributed by atoms with Gasteiger partial charge in [-0.15, -0.1) is 4.67 Å². The van der Waals surface area contributed by atoms with Crippen LogP contribution >= 0.6 is 7.87 Å². The molecule has 67 heavy (non-hydrogen) atoms. The molecule has 0 radical (unpaired) electrons. The molecule has 1 amide bonds. The molecule has 1 aliphatic heterocycles. The Morgan fingerprint density at radius 3 is 2.06 bits per heavy atom. The largest absolute Gasteiger partial charge is 0.497 e. The molecule has 2 aromatic heterocycles. The molecule has 0 saturated carbocycles. The average molecular weight is 944 g/mol. The fourth-order valence-electron chi connectivity index (χ4n) is 8.35. The van der Waals surface area contributed by atoms with E-state index in [1.165, 1.54) is 6.33 Å². The molecular weight excluding hydrogens is 880 g/mol. The number of rotatable bonds is 22. The number of imidazole rings is 1. The molecule has 1 aliphatic rings. The topological polar surface area (TPSA) is 231 Å². The minimum Gasteiger partial charge on any atom is -0.497 e. The standard InChI is InChI=1S/C48H63N8O10P/c1-30(2)43(57)53-46-52-42-39(44(58)54-46)51-29-55(42)45-41(62-28-47(7,8)66-50)40(65-67(59,26-14-25-49)56(31(3)4)32(5)6)38(64-45)27-63-48(33-15-12-11-13-16-33,34-17-21-36(60-9)22-18-34)35-19-23-37(61-10)24-20-35/h11-13,15-24,29-32,38,40-41,45,59H,14,26-28,50H2,1-10H3,(H-,52,53,54,57,58)/p+1/t38-,40-,41-,45-,67?/m1/s1. The van der Waals surface area contributed by atoms with Crippen LogP contribution in [0.4, 0.5) is 5.95 Å². The molecule has 360 valence electrons. The number of nitrogens with zero attached hydrogens (tertiary/aromatic N) is 5. The van der Waals surface area contributed by atoms with Gasteiger partial charge in [-0.25, -0.2) is 15.8 Å². The maximum Gasteiger partial charge on any atom is 0.347 e. The number of nitrogens with one attached hydrogen (secondary N) is 2. The van der Waals surface area contributed by atoms with E-state index in [0.29, 0.717) is 11.5 Å². The van der Waals surface area contributed by atoms with Gasteiger partial charge in [0.25, 0.3) is 5.56 Å². The van der Waals surface area contributed by atoms with Gasteiger partial charge in [-0.05, 0) is 82.5 Å². The third-order valence-corrected chi connectivity index (χ3v) is 14.6. The quantitative estimate of drug-likeness (QED) is 0.0315. The van der Waals surface area contributed by atoms with E-state index in [4.69, 9.17) is 38.9 Å². The van der Waals surface area contributed by atoms with Crippen molar-refractivity contribution in [1.29, 1.82) is 5.26 Å². The van der Waals surface area contributed by atoms with Gasteiger partial charge in [-0.1, -0.05) is 68.4 Å². The zero-order valence-corrected chi connectivity index (χ0v) is 40.7. The second-order valence-corrected chi connectivity index (χ2v) is 20.3. The molecule has 1 fully saturated rings. The Hall–Kier alpha value is -5.32. The Bertz CT molecular complexity index is 2460. The summed E-state index contributed by atoms with van der Waals surface area (Å²) in [5.74, 6) is 6.19. The van der Waals surface area contributed by atoms with Crippen LogP contribution in [0.15, 0.2) is 90.0 Å². The molecule has 0 spiro atoms. The van der Waals surface area contributed by atoms with Crippen molar-refractivity contribution in [2.24, 2.45) is 11.8 Å². The van der Waals surface area contributed by atoms with Crippen molar-refractivity contribution in [1.82, 2.24) is 24.2 Å². The molecular formula is C48H64N8O10P+. The second-order valence-electron chi connectivity index (χ2n) is 17.8. The lowest BCUT2D eigenvalue weighted by Gasteiger charge is -2.39. The van der Waals surface area contributed by atoms with E-state index >= 15 is 0 Å². The first-order valence-electron chi connectivity index (χ1n) is 22.3. The van der Waals surface area contributed by atoms with E-state index in [1.54, 1.807) is 46.5 Å². The molecule has 1 saturated heterocycles. The number of benzene rings is 3. The number of ether oxygens (including phenoxy) is 5. The van der Waals surface area contributed by atoms with Gasteiger partial charge in [-0.2, -0.15) is 14.8 Å². The van der Waals surface area contributed by atoms with E-state index in [0.717, 1.165) is 16.7 Å². The number of aromatic nitrogens is 4. The number of anilines is 1. The number of carbonyl (C=O) groups excluding carboxylic acids is 1. The van der Waals surface area contributed by atoms with Crippen LogP contribution in [0.2, 0.25) is 0 Å². The van der Waals surface area contributed by atoms with Gasteiger partial charge in [0.1, 0.15) is 41.1 Å². The van der Waals surface area contributed by atoms with E-state index in [2.05, 4.69) is 26.3 Å². The fourth-order valence-corrected chi connectivity index (χ4v) is 11.3. The number of nitriles is 1. The summed E-state index contributed by atoms with van der Waals surface area (Å²) in [5.41, 5.74) is -0.571. The molecule has 3 aromatic carbocycles. The molecule has 5 N–H and O–H groups in total. The van der Waals surface area contributed by atoms with Crippen molar-refractivity contribution in [3.8, 4) is 17.6 Å². The van der Waals surface area contributed by atoms with Crippen LogP contribution in [0.25, 0.3) is 11.2 Å². The Morgan fingerprint density at radius 2 is 1.54 bits per heavy atom. The molecule has 6 rings (SSSR count). The maximum absolute atomic E-state index is 13.5. The second kappa shape index (κ2) is 21.8. The SMILES string of the molecule is COc1ccc(C(OC[C@H]2O[C@@H](n3cnc4c(=O)[nH]c(NC(=O)C(C)C)nc43)[C@H](OCC(C)(C)ON)[C@@H]2O[P+](O)(CCC#N)N(C(C)C)C(C)C)(c2ccccc2)c2ccc(OC)cc2)cc1. The summed E-state index contributed by atoms with van der Waals surface area (Å²) in [5, 5.41) is 12.6. The van der Waals surface area contributed by atoms with Crippen molar-refractivity contribution in [3.05, 3.63) is 112 Å². The predicted octanol–water partition coefficient (Wildman–Crippen LogP) is 6.86. The number of hydrogen-bond acceptors (Lipinski definition) is 15. The maximum atomic E-state index is 13.5. The Kier molecular flexibility index (Phi) is 16.6. The first kappa shape index (κ1) is 51.1. The summed E-state index contributed by atoms with van der Waals surface area (Å²) in [7, 11) is -0.481. The number of aromatic amines is 1. The summed E-state index contributed by atoms with van der Waals surface area (Å²) in [4.78, 5) is 56.3. The summed E-state index contributed by atoms with van der Waals surface area (Å²) in [6, 6.07) is 26.7. The average Bonchev–Trinajstić information content (AvgIpc) is 3.89. The number of carbonyl (C=O) groups is 1. The van der Waals surface area contributed by atoms with Gasteiger partial charge < -0.3 is 23.7 Å². The normalized spacial score (nSPS) is 18.7. The number of fused-ring (bicyclic) bond motifs is 1. The van der Waals surface area contributed by atoms with Gasteiger partial charge in [-0.3, -0.25) is 29.3 Å². The fraction of sp³-hybridized carbons (Fsp3) is 0.479. The molecule has 1 unspecified atom stereocenters. The Labute approximate surface area is 392 Å². The molecule has 5 aromatic rings. The molecule has 19 heteroatoms. The van der Waals surface area contributed by atoms with Crippen LogP contribution in [0.5, 0.6) is 11.5 Å². The van der Waals surface area contributed by atoms with Gasteiger partial charge in [0.05, 0.1) is 46.3 Å². The Morgan fingerprint density at radius 1 is 0.955 bits per heavy atom. The van der Waals surface area contributed by atoms with Crippen molar-refractivity contribution in [2.45, 2.75) is 110 Å². The van der Waals surface area contributed by atoms with E-state index < -0.39 is 55.1 Å². The number of methoxy groups -OCH3 is 2. The molecule has 0 aliphatic carbocycles. The van der Waals surface area contributed by atoms with Crippen LogP contribution in [0.3, 0.4) is 0 Å². The highest BCUT2D eigenvalue weighted by atomic mass is 31.2. The highest BCUT2D eigenvalue weighted by molar-refractivity contribution is 7.63. The first-order valence-corrected chi connectivity index (χ1v) is 24.1. The minimum absolute atomic E-state index is 0.00621. The van der Waals surface area contributed by atoms with Crippen LogP contribution in [-0.4, -0.2) is 105 Å². The van der Waals surface area contributed by atoms with E-state index in [9.17, 15) is 19.7 Å². The van der Waals surface area contributed by atoms with Crippen LogP contribution in [0, 0.1) is 17.2 Å². The molecule has 3 heterocycles. The number of hydrogen-bond donors (Lipinski definition) is 4. The third kappa shape index (κ3) is 11.2. The summed E-state index contributed by atoms with van der Waals surface area (Å²) in [6.45, 7) is 14.5. The molecule has 5 atom stereocenters. The van der Waals surface area contributed by atoms with Gasteiger partial charge in [0.15, 0.2) is 23.5 Å². The van der Waals surface area contributed by atoms with Crippen molar-refractivity contribution in [3.63, 3.8) is 0 Å². The zero-order chi connectivity index (χ0) is 48.7. The monoisotopic (exact) mass is 943 g/mol. The smallest absolute Gasteiger partial charge is 0.347 e. The number of H-pyrrole nitrogens is 1. The van der Waals surface area contributed by atoms with Crippen LogP contribution in [-0.2, 0) is 34.0 Å².